The van der Waals surface area contributed by atoms with E-state index in [0.29, 0.717) is 11.3 Å². The third kappa shape index (κ3) is 8.55. The molecule has 0 aromatic heterocycles. The predicted octanol–water partition coefficient (Wildman–Crippen LogP) is 2.65. The highest BCUT2D eigenvalue weighted by molar-refractivity contribution is 7.91. The Morgan fingerprint density at radius 2 is 1.57 bits per heavy atom. The molecule has 0 aliphatic carbocycles. The lowest BCUT2D eigenvalue weighted by Gasteiger charge is -2.20. The standard InChI is InChI=1S/C16H20F3N3O7S/c1-15(2,3)29-14(24)21-12(22-30(25,26)16(17,18)19)20-13(23)28-9-10-5-7-11(27-4)8-6-10/h5-8H,9H2,1-4H3,(H2,20,21,22,23,24). The van der Waals surface area contributed by atoms with E-state index in [1.54, 1.807) is 34.9 Å². The molecule has 10 nitrogen and oxygen atoms in total. The average molecular weight is 455 g/mol. The molecular formula is C16H20F3N3O7S. The third-order valence-electron chi connectivity index (χ3n) is 2.87. The zero-order valence-corrected chi connectivity index (χ0v) is 17.2. The number of alkyl halides is 3. The van der Waals surface area contributed by atoms with Crippen molar-refractivity contribution in [3.8, 4) is 5.75 Å². The second-order valence-corrected chi connectivity index (χ2v) is 8.13. The first-order valence-corrected chi connectivity index (χ1v) is 9.55. The highest BCUT2D eigenvalue weighted by atomic mass is 32.2. The molecule has 0 atom stereocenters. The largest absolute Gasteiger partial charge is 0.518 e. The minimum Gasteiger partial charge on any atom is -0.497 e. The van der Waals surface area contributed by atoms with Crippen LogP contribution in [0.3, 0.4) is 0 Å². The molecule has 168 valence electrons. The number of guanidine groups is 1. The van der Waals surface area contributed by atoms with Gasteiger partial charge in [0.05, 0.1) is 7.11 Å². The quantitative estimate of drug-likeness (QED) is 0.527. The summed E-state index contributed by atoms with van der Waals surface area (Å²) in [5, 5.41) is 3.25. The number of nitrogens with zero attached hydrogens (tertiary/aromatic N) is 1. The first-order chi connectivity index (χ1) is 13.6. The SMILES string of the molecule is COc1ccc(COC(=O)N/C(=N/S(=O)(=O)C(F)(F)F)NC(=O)OC(C)(C)C)cc1. The molecule has 0 bridgehead atoms. The summed E-state index contributed by atoms with van der Waals surface area (Å²) in [6.45, 7) is 4.03. The van der Waals surface area contributed by atoms with Crippen molar-refractivity contribution >= 4 is 28.2 Å². The van der Waals surface area contributed by atoms with Crippen LogP contribution in [0, 0.1) is 0 Å². The lowest BCUT2D eigenvalue weighted by atomic mass is 10.2. The van der Waals surface area contributed by atoms with Gasteiger partial charge < -0.3 is 14.2 Å². The van der Waals surface area contributed by atoms with E-state index in [4.69, 9.17) is 14.2 Å². The van der Waals surface area contributed by atoms with Gasteiger partial charge in [-0.05, 0) is 38.5 Å². The minimum absolute atomic E-state index is 0.318. The van der Waals surface area contributed by atoms with Crippen molar-refractivity contribution in [2.45, 2.75) is 38.5 Å². The third-order valence-corrected chi connectivity index (χ3v) is 3.88. The summed E-state index contributed by atoms with van der Waals surface area (Å²) >= 11 is 0. The van der Waals surface area contributed by atoms with Crippen LogP contribution in [-0.4, -0.2) is 44.8 Å². The Kier molecular flexibility index (Phi) is 8.04. The Morgan fingerprint density at radius 1 is 1.03 bits per heavy atom. The van der Waals surface area contributed by atoms with Gasteiger partial charge in [0.15, 0.2) is 0 Å². The molecule has 0 saturated heterocycles. The van der Waals surface area contributed by atoms with Crippen molar-refractivity contribution < 1.29 is 45.4 Å². The molecule has 0 saturated carbocycles. The summed E-state index contributed by atoms with van der Waals surface area (Å²) in [5.41, 5.74) is -6.33. The topological polar surface area (TPSA) is 132 Å². The molecule has 0 fully saturated rings. The van der Waals surface area contributed by atoms with Crippen LogP contribution >= 0.6 is 0 Å². The molecule has 0 spiro atoms. The van der Waals surface area contributed by atoms with E-state index in [9.17, 15) is 31.2 Å². The first kappa shape index (κ1) is 25.0. The zero-order valence-electron chi connectivity index (χ0n) is 16.4. The Morgan fingerprint density at radius 3 is 2.03 bits per heavy atom. The van der Waals surface area contributed by atoms with Gasteiger partial charge in [-0.1, -0.05) is 12.1 Å². The second-order valence-electron chi connectivity index (χ2n) is 6.54. The van der Waals surface area contributed by atoms with Gasteiger partial charge in [0, 0.05) is 0 Å². The number of ether oxygens (including phenoxy) is 3. The number of halogens is 3. The molecule has 30 heavy (non-hydrogen) atoms. The zero-order chi connectivity index (χ0) is 23.2. The van der Waals surface area contributed by atoms with E-state index in [0.717, 1.165) is 0 Å². The van der Waals surface area contributed by atoms with E-state index in [1.165, 1.54) is 27.9 Å². The molecular weight excluding hydrogens is 435 g/mol. The molecule has 0 aliphatic heterocycles. The van der Waals surface area contributed by atoms with Crippen LogP contribution in [0.15, 0.2) is 28.7 Å². The average Bonchev–Trinajstić information content (AvgIpc) is 2.57. The van der Waals surface area contributed by atoms with Gasteiger partial charge in [-0.15, -0.1) is 4.40 Å². The van der Waals surface area contributed by atoms with E-state index in [-0.39, 0.29) is 6.61 Å². The summed E-state index contributed by atoms with van der Waals surface area (Å²) in [6, 6.07) is 6.25. The number of sulfonamides is 1. The van der Waals surface area contributed by atoms with E-state index >= 15 is 0 Å². The maximum absolute atomic E-state index is 12.6. The molecule has 0 radical (unpaired) electrons. The van der Waals surface area contributed by atoms with Gasteiger partial charge in [0.25, 0.3) is 0 Å². The number of benzene rings is 1. The molecule has 2 amide bonds. The molecule has 1 rings (SSSR count). The van der Waals surface area contributed by atoms with Crippen LogP contribution in [0.1, 0.15) is 26.3 Å². The number of methoxy groups -OCH3 is 1. The van der Waals surface area contributed by atoms with Crippen LogP contribution in [0.2, 0.25) is 0 Å². The van der Waals surface area contributed by atoms with Crippen molar-refractivity contribution in [2.75, 3.05) is 7.11 Å². The van der Waals surface area contributed by atoms with E-state index in [1.807, 2.05) is 0 Å². The molecule has 1 aromatic rings. The number of nitrogens with one attached hydrogen (secondary N) is 2. The van der Waals surface area contributed by atoms with Crippen molar-refractivity contribution in [3.63, 3.8) is 0 Å². The van der Waals surface area contributed by atoms with Gasteiger partial charge >= 0.3 is 27.7 Å². The fourth-order valence-electron chi connectivity index (χ4n) is 1.65. The number of rotatable bonds is 4. The van der Waals surface area contributed by atoms with Crippen LogP contribution in [0.4, 0.5) is 22.8 Å². The Labute approximate surface area is 170 Å². The number of hydrogen-bond donors (Lipinski definition) is 2. The Balaban J connectivity index is 2.92. The maximum Gasteiger partial charge on any atom is 0.518 e. The number of hydrogen-bond acceptors (Lipinski definition) is 7. The molecule has 0 aliphatic rings. The number of alkyl carbamates (subject to hydrolysis) is 2. The van der Waals surface area contributed by atoms with E-state index in [2.05, 4.69) is 4.40 Å². The summed E-state index contributed by atoms with van der Waals surface area (Å²) in [4.78, 5) is 23.6. The fraction of sp³-hybridized carbons (Fsp3) is 0.438. The smallest absolute Gasteiger partial charge is 0.497 e. The summed E-state index contributed by atoms with van der Waals surface area (Å²) in [7, 11) is -4.62. The second kappa shape index (κ2) is 9.65. The van der Waals surface area contributed by atoms with E-state index < -0.39 is 39.3 Å². The lowest BCUT2D eigenvalue weighted by molar-refractivity contribution is -0.0435. The molecule has 14 heteroatoms. The predicted molar refractivity (Wildman–Crippen MR) is 98.1 cm³/mol. The van der Waals surface area contributed by atoms with Crippen molar-refractivity contribution in [1.82, 2.24) is 10.6 Å². The molecule has 0 heterocycles. The highest BCUT2D eigenvalue weighted by Crippen LogP contribution is 2.24. The van der Waals surface area contributed by atoms with Crippen molar-refractivity contribution in [3.05, 3.63) is 29.8 Å². The number of carbonyl (C=O) groups excluding carboxylic acids is 2. The molecule has 0 unspecified atom stereocenters. The van der Waals surface area contributed by atoms with Crippen molar-refractivity contribution in [2.24, 2.45) is 4.40 Å². The molecule has 1 aromatic carbocycles. The van der Waals surface area contributed by atoms with Crippen LogP contribution in [-0.2, 0) is 26.1 Å². The van der Waals surface area contributed by atoms with Crippen molar-refractivity contribution in [1.29, 1.82) is 0 Å². The van der Waals surface area contributed by atoms with Gasteiger partial charge in [0.2, 0.25) is 5.96 Å². The monoisotopic (exact) mass is 455 g/mol. The van der Waals surface area contributed by atoms with Gasteiger partial charge in [-0.2, -0.15) is 21.6 Å². The Bertz CT molecular complexity index is 892. The lowest BCUT2D eigenvalue weighted by Crippen LogP contribution is -2.46. The number of amides is 2. The number of carbonyl (C=O) groups is 2. The first-order valence-electron chi connectivity index (χ1n) is 8.11. The van der Waals surface area contributed by atoms with Crippen LogP contribution < -0.4 is 15.4 Å². The molecule has 2 N–H and O–H groups in total. The van der Waals surface area contributed by atoms with Crippen LogP contribution in [0.5, 0.6) is 5.75 Å². The van der Waals surface area contributed by atoms with Gasteiger partial charge in [-0.3, -0.25) is 10.6 Å². The summed E-state index contributed by atoms with van der Waals surface area (Å²) in [5.74, 6) is -0.808. The van der Waals surface area contributed by atoms with Gasteiger partial charge in [0.1, 0.15) is 18.0 Å². The summed E-state index contributed by atoms with van der Waals surface area (Å²) < 4.78 is 77.1. The maximum atomic E-state index is 12.6. The minimum atomic E-state index is -6.07. The normalized spacial score (nSPS) is 12.7. The highest BCUT2D eigenvalue weighted by Gasteiger charge is 2.46. The summed E-state index contributed by atoms with van der Waals surface area (Å²) in [6.07, 6.45) is -2.73. The van der Waals surface area contributed by atoms with Crippen LogP contribution in [0.25, 0.3) is 0 Å². The fourth-order valence-corrected chi connectivity index (χ4v) is 2.09. The Hall–Kier alpha value is -3.03. The van der Waals surface area contributed by atoms with Gasteiger partial charge in [-0.25, -0.2) is 9.59 Å².